The molecular weight excluding hydrogens is 747 g/mol. The van der Waals surface area contributed by atoms with E-state index in [1.54, 1.807) is 6.07 Å². The fourth-order valence-electron chi connectivity index (χ4n) is 7.47. The zero-order valence-corrected chi connectivity index (χ0v) is 32.1. The van der Waals surface area contributed by atoms with Crippen LogP contribution in [0.15, 0.2) is 212 Å². The Labute approximate surface area is 366 Å². The van der Waals surface area contributed by atoms with Gasteiger partial charge in [-0.1, -0.05) is 176 Å². The van der Waals surface area contributed by atoms with Gasteiger partial charge in [-0.15, -0.1) is 0 Å². The highest BCUT2D eigenvalue weighted by Gasteiger charge is 2.22. The number of rotatable bonds is 8. The van der Waals surface area contributed by atoms with Gasteiger partial charge in [0, 0.05) is 44.2 Å². The molecule has 0 fully saturated rings. The molecular formula is C54H35N7. The lowest BCUT2D eigenvalue weighted by atomic mass is 10.0. The topological polar surface area (TPSA) is 82.3 Å². The van der Waals surface area contributed by atoms with Crippen molar-refractivity contribution in [2.45, 2.75) is 0 Å². The minimum Gasteiger partial charge on any atom is -0.309 e. The molecule has 0 aliphatic heterocycles. The van der Waals surface area contributed by atoms with Crippen LogP contribution < -0.4 is 0 Å². The smallest absolute Gasteiger partial charge is 0.166 e. The molecule has 0 aliphatic rings. The number of para-hydroxylation sites is 1. The predicted octanol–water partition coefficient (Wildman–Crippen LogP) is 12.8. The van der Waals surface area contributed by atoms with Crippen LogP contribution in [0.4, 0.5) is 0 Å². The van der Waals surface area contributed by atoms with Gasteiger partial charge in [0.15, 0.2) is 34.9 Å². The summed E-state index contributed by atoms with van der Waals surface area (Å²) >= 11 is 0. The summed E-state index contributed by atoms with van der Waals surface area (Å²) in [5.74, 6) is 0.196. The fraction of sp³-hybridized carbons (Fsp3) is 0. The molecule has 11 rings (SSSR count). The van der Waals surface area contributed by atoms with E-state index in [2.05, 4.69) is 15.6 Å². The van der Waals surface area contributed by atoms with Crippen molar-refractivity contribution in [3.05, 3.63) is 212 Å². The van der Waals surface area contributed by atoms with Crippen LogP contribution >= 0.6 is 0 Å². The lowest BCUT2D eigenvalue weighted by molar-refractivity contribution is 1.06. The first-order chi connectivity index (χ1) is 34.4. The standard InChI is InChI=1S/C54H35N7/c1-6-18-36(19-7-1)41-30-32-47-44(34-41)43-28-16-17-29-46(43)61(47)48-33-31-42(53-57-49(37-20-8-2-9-21-37)55-50(58-53)38-22-10-3-11-23-38)35-45(48)54-59-51(39-24-12-4-13-25-39)56-52(60-54)40-26-14-5-15-27-40/h1-35H/i4D,5D,12D,13D,14D,15D,24D,25D,26D,27D. The van der Waals surface area contributed by atoms with Crippen molar-refractivity contribution in [1.82, 2.24) is 34.5 Å². The Morgan fingerprint density at radius 3 is 1.33 bits per heavy atom. The van der Waals surface area contributed by atoms with Crippen molar-refractivity contribution in [3.63, 3.8) is 0 Å². The molecule has 0 amide bonds. The van der Waals surface area contributed by atoms with E-state index < -0.39 is 72.1 Å². The molecule has 3 aromatic heterocycles. The average Bonchev–Trinajstić information content (AvgIpc) is 3.74. The third-order valence-corrected chi connectivity index (χ3v) is 10.3. The van der Waals surface area contributed by atoms with Crippen molar-refractivity contribution in [3.8, 4) is 85.1 Å². The SMILES string of the molecule is [2H]c1c([2H])c([2H])c(-c2nc(-c3cc(-c4nc(-c5ccccc5)nc(-c5ccccc5)n4)ccc3-n3c4ccccc4c4cc(-c5ccccc5)ccc43)nc(-c3c([2H])c([2H])c([2H])c([2H])c3[2H])n2)c([2H])c1[2H]. The molecule has 0 N–H and O–H groups in total. The highest BCUT2D eigenvalue weighted by atomic mass is 15.1. The molecule has 0 saturated carbocycles. The number of fused-ring (bicyclic) bond motifs is 3. The van der Waals surface area contributed by atoms with Gasteiger partial charge in [-0.05, 0) is 47.5 Å². The number of hydrogen-bond donors (Lipinski definition) is 0. The molecule has 8 aromatic carbocycles. The monoisotopic (exact) mass is 791 g/mol. The van der Waals surface area contributed by atoms with Gasteiger partial charge < -0.3 is 4.57 Å². The van der Waals surface area contributed by atoms with Gasteiger partial charge >= 0.3 is 0 Å². The van der Waals surface area contributed by atoms with Crippen LogP contribution in [0.5, 0.6) is 0 Å². The van der Waals surface area contributed by atoms with Crippen LogP contribution in [0.1, 0.15) is 13.7 Å². The van der Waals surface area contributed by atoms with E-state index in [0.29, 0.717) is 28.5 Å². The predicted molar refractivity (Wildman–Crippen MR) is 246 cm³/mol. The summed E-state index contributed by atoms with van der Waals surface area (Å²) in [7, 11) is 0. The van der Waals surface area contributed by atoms with Crippen molar-refractivity contribution < 1.29 is 13.7 Å². The normalized spacial score (nSPS) is 13.6. The molecule has 0 aliphatic carbocycles. The summed E-state index contributed by atoms with van der Waals surface area (Å²) in [4.78, 5) is 29.2. The summed E-state index contributed by atoms with van der Waals surface area (Å²) in [6.07, 6.45) is 0. The van der Waals surface area contributed by atoms with Gasteiger partial charge in [0.1, 0.15) is 0 Å². The van der Waals surface area contributed by atoms with Gasteiger partial charge in [-0.2, -0.15) is 0 Å². The zero-order valence-electron chi connectivity index (χ0n) is 42.1. The van der Waals surface area contributed by atoms with E-state index in [-0.39, 0.29) is 22.8 Å². The largest absolute Gasteiger partial charge is 0.309 e. The van der Waals surface area contributed by atoms with E-state index in [0.717, 1.165) is 44.1 Å². The maximum Gasteiger partial charge on any atom is 0.166 e. The highest BCUT2D eigenvalue weighted by molar-refractivity contribution is 6.11. The van der Waals surface area contributed by atoms with Crippen LogP contribution in [0.2, 0.25) is 0 Å². The van der Waals surface area contributed by atoms with Gasteiger partial charge in [-0.3, -0.25) is 0 Å². The molecule has 7 nitrogen and oxygen atoms in total. The maximum atomic E-state index is 8.99. The summed E-state index contributed by atoms with van der Waals surface area (Å²) in [6, 6.07) is 42.3. The minimum atomic E-state index is -0.645. The fourth-order valence-corrected chi connectivity index (χ4v) is 7.47. The number of hydrogen-bond acceptors (Lipinski definition) is 6. The Kier molecular flexibility index (Phi) is 6.70. The Morgan fingerprint density at radius 2 is 0.754 bits per heavy atom. The average molecular weight is 792 g/mol. The molecule has 0 saturated heterocycles. The number of aromatic nitrogens is 7. The molecule has 61 heavy (non-hydrogen) atoms. The van der Waals surface area contributed by atoms with E-state index in [9.17, 15) is 0 Å². The lowest BCUT2D eigenvalue weighted by Gasteiger charge is -2.16. The molecule has 0 unspecified atom stereocenters. The van der Waals surface area contributed by atoms with Gasteiger partial charge in [0.25, 0.3) is 0 Å². The number of nitrogens with zero attached hydrogens (tertiary/aromatic N) is 7. The summed E-state index contributed by atoms with van der Waals surface area (Å²) in [5, 5.41) is 1.87. The molecule has 0 radical (unpaired) electrons. The van der Waals surface area contributed by atoms with Crippen LogP contribution in [0, 0.1) is 0 Å². The Balaban J connectivity index is 1.26. The lowest BCUT2D eigenvalue weighted by Crippen LogP contribution is -2.05. The second-order valence-corrected chi connectivity index (χ2v) is 14.0. The third-order valence-electron chi connectivity index (χ3n) is 10.3. The Bertz CT molecular complexity index is 3740. The molecule has 0 spiro atoms. The first-order valence-electron chi connectivity index (χ1n) is 24.4. The van der Waals surface area contributed by atoms with Gasteiger partial charge in [0.2, 0.25) is 0 Å². The third kappa shape index (κ3) is 6.80. The molecule has 0 bridgehead atoms. The molecule has 7 heteroatoms. The van der Waals surface area contributed by atoms with Crippen LogP contribution in [-0.2, 0) is 0 Å². The second-order valence-electron chi connectivity index (χ2n) is 14.0. The molecule has 3 heterocycles. The molecule has 11 aromatic rings. The van der Waals surface area contributed by atoms with E-state index in [1.807, 2.05) is 140 Å². The second kappa shape index (κ2) is 15.4. The van der Waals surface area contributed by atoms with Crippen molar-refractivity contribution in [2.75, 3.05) is 0 Å². The van der Waals surface area contributed by atoms with E-state index >= 15 is 0 Å². The quantitative estimate of drug-likeness (QED) is 0.152. The highest BCUT2D eigenvalue weighted by Crippen LogP contribution is 2.39. The first-order valence-corrected chi connectivity index (χ1v) is 19.4. The van der Waals surface area contributed by atoms with Crippen molar-refractivity contribution in [1.29, 1.82) is 0 Å². The van der Waals surface area contributed by atoms with Crippen molar-refractivity contribution in [2.24, 2.45) is 0 Å². The van der Waals surface area contributed by atoms with Crippen LogP contribution in [0.25, 0.3) is 107 Å². The number of benzene rings is 8. The summed E-state index contributed by atoms with van der Waals surface area (Å²) in [6.45, 7) is 0. The van der Waals surface area contributed by atoms with E-state index in [1.165, 1.54) is 0 Å². The first kappa shape index (κ1) is 26.6. The van der Waals surface area contributed by atoms with Gasteiger partial charge in [-0.25, -0.2) is 29.9 Å². The molecule has 286 valence electrons. The minimum absolute atomic E-state index is 0.118. The Hall–Kier alpha value is -8.42. The van der Waals surface area contributed by atoms with Crippen LogP contribution in [0.3, 0.4) is 0 Å². The van der Waals surface area contributed by atoms with E-state index in [4.69, 9.17) is 38.6 Å². The Morgan fingerprint density at radius 1 is 0.311 bits per heavy atom. The van der Waals surface area contributed by atoms with Crippen molar-refractivity contribution >= 4 is 21.8 Å². The molecule has 0 atom stereocenters. The van der Waals surface area contributed by atoms with Gasteiger partial charge in [0.05, 0.1) is 30.4 Å². The summed E-state index contributed by atoms with van der Waals surface area (Å²) in [5.41, 5.74) is 5.70. The van der Waals surface area contributed by atoms with Crippen LogP contribution in [-0.4, -0.2) is 34.5 Å². The maximum absolute atomic E-state index is 8.99. The summed E-state index contributed by atoms with van der Waals surface area (Å²) < 4.78 is 89.0. The zero-order chi connectivity index (χ0) is 49.2.